The zero-order valence-electron chi connectivity index (χ0n) is 16.2. The molecule has 2 aliphatic rings. The average molecular weight is 387 g/mol. The van der Waals surface area contributed by atoms with Gasteiger partial charge in [0.1, 0.15) is 0 Å². The second-order valence-electron chi connectivity index (χ2n) is 8.28. The van der Waals surface area contributed by atoms with Crippen LogP contribution in [0.25, 0.3) is 0 Å². The Hall–Kier alpha value is -2.02. The minimum atomic E-state index is -4.26. The van der Waals surface area contributed by atoms with Crippen LogP contribution in [-0.2, 0) is 6.18 Å². The molecule has 1 aromatic carbocycles. The van der Waals surface area contributed by atoms with Gasteiger partial charge in [-0.1, -0.05) is 30.4 Å². The smallest absolute Gasteiger partial charge is 0.193 e. The minimum absolute atomic E-state index is 0.384. The van der Waals surface area contributed by atoms with E-state index in [1.165, 1.54) is 25.0 Å². The van der Waals surface area contributed by atoms with Gasteiger partial charge in [-0.15, -0.1) is 0 Å². The first-order valence-corrected chi connectivity index (χ1v) is 10.4. The monoisotopic (exact) mass is 387 g/mol. The van der Waals surface area contributed by atoms with Crippen molar-refractivity contribution in [3.05, 3.63) is 59.7 Å². The first-order chi connectivity index (χ1) is 13.5. The van der Waals surface area contributed by atoms with Crippen LogP contribution in [0.15, 0.2) is 48.6 Å². The number of hydrogen-bond acceptors (Lipinski definition) is 1. The highest BCUT2D eigenvalue weighted by molar-refractivity contribution is 5.27. The van der Waals surface area contributed by atoms with E-state index in [0.717, 1.165) is 44.1 Å². The van der Waals surface area contributed by atoms with Crippen molar-refractivity contribution in [2.75, 3.05) is 0 Å². The Balaban J connectivity index is 1.44. The Morgan fingerprint density at radius 3 is 1.68 bits per heavy atom. The molecule has 0 bridgehead atoms. The van der Waals surface area contributed by atoms with Gasteiger partial charge in [0.25, 0.3) is 0 Å². The number of rotatable bonds is 4. The molecule has 0 unspecified atom stereocenters. The summed E-state index contributed by atoms with van der Waals surface area (Å²) in [6.07, 6.45) is 13.2. The van der Waals surface area contributed by atoms with Crippen molar-refractivity contribution < 1.29 is 13.2 Å². The molecule has 0 atom stereocenters. The molecule has 0 aromatic heterocycles. The van der Waals surface area contributed by atoms with Gasteiger partial charge in [0.15, 0.2) is 0 Å². The van der Waals surface area contributed by atoms with E-state index in [1.807, 2.05) is 6.08 Å². The molecule has 0 radical (unpaired) electrons. The number of hydrogen-bond donors (Lipinski definition) is 0. The number of alkyl halides is 3. The summed E-state index contributed by atoms with van der Waals surface area (Å²) in [6.45, 7) is 0. The Morgan fingerprint density at radius 2 is 1.21 bits per heavy atom. The van der Waals surface area contributed by atoms with Crippen LogP contribution in [0, 0.1) is 29.1 Å². The van der Waals surface area contributed by atoms with Gasteiger partial charge in [0.2, 0.25) is 0 Å². The summed E-state index contributed by atoms with van der Waals surface area (Å²) in [5.74, 6) is 2.19. The maximum atomic E-state index is 12.7. The highest BCUT2D eigenvalue weighted by Crippen LogP contribution is 2.38. The summed E-state index contributed by atoms with van der Waals surface area (Å²) in [7, 11) is 0. The number of nitrogens with zero attached hydrogens (tertiary/aromatic N) is 1. The van der Waals surface area contributed by atoms with Gasteiger partial charge in [-0.2, -0.15) is 18.4 Å². The lowest BCUT2D eigenvalue weighted by atomic mass is 9.77. The number of allylic oxidation sites excluding steroid dienone is 4. The lowest BCUT2D eigenvalue weighted by Crippen LogP contribution is -2.14. The van der Waals surface area contributed by atoms with Crippen LogP contribution in [0.2, 0.25) is 0 Å². The van der Waals surface area contributed by atoms with Crippen molar-refractivity contribution in [1.29, 1.82) is 5.26 Å². The van der Waals surface area contributed by atoms with Gasteiger partial charge in [0, 0.05) is 6.08 Å². The summed E-state index contributed by atoms with van der Waals surface area (Å²) in [6, 6.07) is 7.81. The summed E-state index contributed by atoms with van der Waals surface area (Å²) in [5, 5.41) is 8.62. The number of benzene rings is 1. The topological polar surface area (TPSA) is 23.8 Å². The van der Waals surface area contributed by atoms with Crippen LogP contribution in [0.3, 0.4) is 0 Å². The van der Waals surface area contributed by atoms with Gasteiger partial charge < -0.3 is 0 Å². The maximum Gasteiger partial charge on any atom is 0.416 e. The van der Waals surface area contributed by atoms with Crippen molar-refractivity contribution in [3.8, 4) is 6.07 Å². The molecule has 0 N–H and O–H groups in total. The first-order valence-electron chi connectivity index (χ1n) is 10.4. The molecule has 4 heteroatoms. The molecule has 2 saturated carbocycles. The van der Waals surface area contributed by atoms with Crippen LogP contribution >= 0.6 is 0 Å². The highest BCUT2D eigenvalue weighted by atomic mass is 19.4. The van der Waals surface area contributed by atoms with E-state index in [0.29, 0.717) is 23.7 Å². The van der Waals surface area contributed by atoms with Crippen molar-refractivity contribution in [1.82, 2.24) is 0 Å². The minimum Gasteiger partial charge on any atom is -0.193 e. The molecule has 3 rings (SSSR count). The Kier molecular flexibility index (Phi) is 6.99. The van der Waals surface area contributed by atoms with Gasteiger partial charge in [0.05, 0.1) is 11.6 Å². The van der Waals surface area contributed by atoms with Crippen molar-refractivity contribution in [2.45, 2.75) is 63.5 Å². The second kappa shape index (κ2) is 9.45. The molecule has 1 aromatic rings. The molecular formula is C24H28F3N. The molecule has 28 heavy (non-hydrogen) atoms. The highest BCUT2D eigenvalue weighted by Gasteiger charge is 2.30. The third kappa shape index (κ3) is 5.74. The van der Waals surface area contributed by atoms with Crippen LogP contribution < -0.4 is 0 Å². The largest absolute Gasteiger partial charge is 0.416 e. The lowest BCUT2D eigenvalue weighted by Gasteiger charge is -2.28. The van der Waals surface area contributed by atoms with Gasteiger partial charge in [-0.25, -0.2) is 0 Å². The lowest BCUT2D eigenvalue weighted by molar-refractivity contribution is -0.137. The molecule has 2 aliphatic carbocycles. The quantitative estimate of drug-likeness (QED) is 0.389. The van der Waals surface area contributed by atoms with Crippen LogP contribution in [-0.4, -0.2) is 0 Å². The van der Waals surface area contributed by atoms with Gasteiger partial charge in [-0.3, -0.25) is 0 Å². The zero-order chi connectivity index (χ0) is 20.0. The molecule has 1 nitrogen and oxygen atoms in total. The summed E-state index contributed by atoms with van der Waals surface area (Å²) in [5.41, 5.74) is 0.477. The average Bonchev–Trinajstić information content (AvgIpc) is 2.71. The molecule has 0 spiro atoms. The van der Waals surface area contributed by atoms with E-state index in [1.54, 1.807) is 18.2 Å². The Labute approximate surface area is 165 Å². The fourth-order valence-corrected chi connectivity index (χ4v) is 4.61. The molecule has 0 amide bonds. The van der Waals surface area contributed by atoms with Crippen LogP contribution in [0.5, 0.6) is 0 Å². The molecule has 0 saturated heterocycles. The fraction of sp³-hybridized carbons (Fsp3) is 0.542. The Bertz CT molecular complexity index is 708. The first kappa shape index (κ1) is 20.7. The maximum absolute atomic E-state index is 12.7. The summed E-state index contributed by atoms with van der Waals surface area (Å²) < 4.78 is 38.1. The van der Waals surface area contributed by atoms with E-state index in [2.05, 4.69) is 18.2 Å². The summed E-state index contributed by atoms with van der Waals surface area (Å²) >= 11 is 0. The van der Waals surface area contributed by atoms with Crippen molar-refractivity contribution in [2.24, 2.45) is 17.8 Å². The van der Waals surface area contributed by atoms with Gasteiger partial charge >= 0.3 is 6.18 Å². The van der Waals surface area contributed by atoms with E-state index in [4.69, 9.17) is 5.26 Å². The van der Waals surface area contributed by atoms with Gasteiger partial charge in [-0.05, 0) is 92.7 Å². The predicted molar refractivity (Wildman–Crippen MR) is 105 cm³/mol. The second-order valence-corrected chi connectivity index (χ2v) is 8.28. The van der Waals surface area contributed by atoms with Crippen LogP contribution in [0.1, 0.15) is 68.4 Å². The number of halogens is 3. The fourth-order valence-electron chi connectivity index (χ4n) is 4.61. The number of nitriles is 1. The molecule has 0 aliphatic heterocycles. The molecule has 2 fully saturated rings. The molecular weight excluding hydrogens is 359 g/mol. The third-order valence-electron chi connectivity index (χ3n) is 6.40. The third-order valence-corrected chi connectivity index (χ3v) is 6.40. The van der Waals surface area contributed by atoms with Crippen LogP contribution in [0.4, 0.5) is 13.2 Å². The SMILES string of the molecule is N#CC=CC1CCC(C=CC2CCC(c3ccc(C(F)(F)F)cc3)CC2)CC1. The zero-order valence-corrected chi connectivity index (χ0v) is 16.2. The Morgan fingerprint density at radius 1 is 0.750 bits per heavy atom. The van der Waals surface area contributed by atoms with E-state index in [9.17, 15) is 13.2 Å². The normalized spacial score (nSPS) is 29.2. The standard InChI is InChI=1S/C24H28F3N/c25-24(26,27)23-15-13-22(14-16-23)21-11-9-20(10-12-21)8-7-19-5-3-18(4-6-19)2-1-17-28/h1-2,7-8,13-16,18-21H,3-6,9-12H2. The van der Waals surface area contributed by atoms with E-state index >= 15 is 0 Å². The van der Waals surface area contributed by atoms with Crippen molar-refractivity contribution in [3.63, 3.8) is 0 Å². The molecule has 0 heterocycles. The van der Waals surface area contributed by atoms with E-state index in [-0.39, 0.29) is 0 Å². The van der Waals surface area contributed by atoms with E-state index < -0.39 is 11.7 Å². The van der Waals surface area contributed by atoms with Crippen molar-refractivity contribution >= 4 is 0 Å². The predicted octanol–water partition coefficient (Wildman–Crippen LogP) is 7.42. The molecule has 150 valence electrons. The summed E-state index contributed by atoms with van der Waals surface area (Å²) in [4.78, 5) is 0.